The van der Waals surface area contributed by atoms with Gasteiger partial charge in [-0.1, -0.05) is 82.5 Å². The normalized spacial score (nSPS) is 17.1. The van der Waals surface area contributed by atoms with Crippen molar-refractivity contribution in [3.8, 4) is 0 Å². The summed E-state index contributed by atoms with van der Waals surface area (Å²) in [5, 5.41) is 0. The molecule has 3 rings (SSSR count). The van der Waals surface area contributed by atoms with Crippen LogP contribution in [-0.2, 0) is 21.4 Å². The van der Waals surface area contributed by atoms with Gasteiger partial charge in [0.05, 0.1) is 16.8 Å². The van der Waals surface area contributed by atoms with Crippen molar-refractivity contribution in [2.45, 2.75) is 32.6 Å². The van der Waals surface area contributed by atoms with Crippen LogP contribution >= 0.6 is 0 Å². The minimum Gasteiger partial charge on any atom is -0.268 e. The van der Waals surface area contributed by atoms with Crippen molar-refractivity contribution in [1.82, 2.24) is 0 Å². The molecule has 1 heterocycles. The zero-order valence-corrected chi connectivity index (χ0v) is 17.8. The molecule has 0 aliphatic carbocycles. The largest absolute Gasteiger partial charge is 0.268 e. The van der Waals surface area contributed by atoms with Crippen LogP contribution in [-0.4, -0.2) is 11.8 Å². The lowest BCUT2D eigenvalue weighted by Gasteiger charge is -2.19. The third-order valence-corrected chi connectivity index (χ3v) is 5.15. The van der Waals surface area contributed by atoms with Crippen LogP contribution < -0.4 is 4.90 Å². The van der Waals surface area contributed by atoms with Gasteiger partial charge >= 0.3 is 0 Å². The number of benzene rings is 2. The van der Waals surface area contributed by atoms with Crippen molar-refractivity contribution in [2.24, 2.45) is 0 Å². The fraction of sp³-hybridized carbons (Fsp3) is 0.185. The van der Waals surface area contributed by atoms with Gasteiger partial charge in [0.25, 0.3) is 11.8 Å². The van der Waals surface area contributed by atoms with Crippen molar-refractivity contribution in [3.05, 3.63) is 114 Å². The molecule has 3 nitrogen and oxygen atoms in total. The predicted molar refractivity (Wildman–Crippen MR) is 123 cm³/mol. The Kier molecular flexibility index (Phi) is 6.02. The van der Waals surface area contributed by atoms with E-state index in [1.165, 1.54) is 28.2 Å². The van der Waals surface area contributed by atoms with Crippen LogP contribution in [0.1, 0.15) is 37.5 Å². The van der Waals surface area contributed by atoms with E-state index in [9.17, 15) is 9.59 Å². The highest BCUT2D eigenvalue weighted by atomic mass is 16.2. The predicted octanol–water partition coefficient (Wildman–Crippen LogP) is 5.67. The van der Waals surface area contributed by atoms with E-state index in [1.54, 1.807) is 12.2 Å². The topological polar surface area (TPSA) is 37.4 Å². The molecule has 1 aliphatic rings. The average molecular weight is 398 g/mol. The molecule has 2 aromatic rings. The number of hydrogen-bond acceptors (Lipinski definition) is 2. The molecule has 2 aromatic carbocycles. The van der Waals surface area contributed by atoms with E-state index >= 15 is 0 Å². The third kappa shape index (κ3) is 4.25. The number of carbonyl (C=O) groups is 2. The van der Waals surface area contributed by atoms with E-state index in [4.69, 9.17) is 0 Å². The molecule has 152 valence electrons. The number of amides is 2. The van der Waals surface area contributed by atoms with Crippen LogP contribution in [0.25, 0.3) is 0 Å². The molecule has 0 spiro atoms. The minimum absolute atomic E-state index is 0.132. The second kappa shape index (κ2) is 8.50. The molecule has 3 heteroatoms. The zero-order valence-electron chi connectivity index (χ0n) is 17.8. The third-order valence-electron chi connectivity index (χ3n) is 5.15. The maximum atomic E-state index is 12.8. The summed E-state index contributed by atoms with van der Waals surface area (Å²) in [6.45, 7) is 13.9. The molecule has 1 aliphatic heterocycles. The lowest BCUT2D eigenvalue weighted by molar-refractivity contribution is -0.119. The summed E-state index contributed by atoms with van der Waals surface area (Å²) in [4.78, 5) is 26.8. The van der Waals surface area contributed by atoms with E-state index < -0.39 is 0 Å². The maximum absolute atomic E-state index is 12.8. The summed E-state index contributed by atoms with van der Waals surface area (Å²) >= 11 is 0. The van der Waals surface area contributed by atoms with E-state index in [0.29, 0.717) is 16.8 Å². The van der Waals surface area contributed by atoms with Crippen molar-refractivity contribution >= 4 is 17.5 Å². The number of carbonyl (C=O) groups excluding carboxylic acids is 2. The molecule has 0 saturated carbocycles. The molecule has 0 atom stereocenters. The van der Waals surface area contributed by atoms with Gasteiger partial charge in [-0.05, 0) is 52.8 Å². The van der Waals surface area contributed by atoms with Crippen molar-refractivity contribution in [2.75, 3.05) is 4.90 Å². The molecule has 0 N–H and O–H groups in total. The summed E-state index contributed by atoms with van der Waals surface area (Å²) in [6, 6.07) is 16.2. The molecule has 1 saturated heterocycles. The van der Waals surface area contributed by atoms with Gasteiger partial charge in [0.15, 0.2) is 0 Å². The van der Waals surface area contributed by atoms with E-state index in [0.717, 1.165) is 12.0 Å². The minimum atomic E-state index is -0.349. The molecule has 2 amide bonds. The highest BCUT2D eigenvalue weighted by molar-refractivity contribution is 6.37. The van der Waals surface area contributed by atoms with Crippen LogP contribution in [0.5, 0.6) is 0 Å². The quantitative estimate of drug-likeness (QED) is 0.481. The Labute approximate surface area is 178 Å². The SMILES string of the molecule is C=C/C=C1/C(=O)N(c2ccc(Cc3ccc(C(C)(C)C)cc3)cc2)C(=O)/C1=C/C=C. The Morgan fingerprint density at radius 1 is 0.767 bits per heavy atom. The molecule has 0 radical (unpaired) electrons. The fourth-order valence-electron chi connectivity index (χ4n) is 3.48. The van der Waals surface area contributed by atoms with Crippen LogP contribution in [0.4, 0.5) is 5.69 Å². The lowest BCUT2D eigenvalue weighted by atomic mass is 9.86. The Hall–Kier alpha value is -3.46. The summed E-state index contributed by atoms with van der Waals surface area (Å²) in [5.74, 6) is -0.697. The van der Waals surface area contributed by atoms with Crippen LogP contribution in [0, 0.1) is 0 Å². The second-order valence-electron chi connectivity index (χ2n) is 8.37. The van der Waals surface area contributed by atoms with E-state index in [-0.39, 0.29) is 17.2 Å². The number of nitrogens with zero attached hydrogens (tertiary/aromatic N) is 1. The number of allylic oxidation sites excluding steroid dienone is 4. The molecule has 0 unspecified atom stereocenters. The lowest BCUT2D eigenvalue weighted by Crippen LogP contribution is -2.29. The monoisotopic (exact) mass is 397 g/mol. The highest BCUT2D eigenvalue weighted by Crippen LogP contribution is 2.31. The molecular weight excluding hydrogens is 370 g/mol. The van der Waals surface area contributed by atoms with Gasteiger partial charge < -0.3 is 0 Å². The van der Waals surface area contributed by atoms with E-state index in [1.807, 2.05) is 24.3 Å². The Morgan fingerprint density at radius 2 is 1.20 bits per heavy atom. The first-order valence-electron chi connectivity index (χ1n) is 9.99. The molecular formula is C27H27NO2. The summed E-state index contributed by atoms with van der Waals surface area (Å²) in [6.07, 6.45) is 6.93. The van der Waals surface area contributed by atoms with Gasteiger partial charge in [0, 0.05) is 0 Å². The van der Waals surface area contributed by atoms with Gasteiger partial charge in [0.2, 0.25) is 0 Å². The van der Waals surface area contributed by atoms with Crippen LogP contribution in [0.2, 0.25) is 0 Å². The standard InChI is InChI=1S/C27H27NO2/c1-6-8-23-24(9-7-2)26(30)28(25(23)29)22-16-12-20(13-17-22)18-19-10-14-21(15-11-19)27(3,4)5/h6-17H,1-2,18H2,3-5H3/b23-8+,24-9+. The smallest absolute Gasteiger partial charge is 0.266 e. The first-order valence-corrected chi connectivity index (χ1v) is 9.99. The fourth-order valence-corrected chi connectivity index (χ4v) is 3.48. The first-order chi connectivity index (χ1) is 14.3. The average Bonchev–Trinajstić information content (AvgIpc) is 2.93. The molecule has 1 fully saturated rings. The molecule has 30 heavy (non-hydrogen) atoms. The number of rotatable bonds is 5. The van der Waals surface area contributed by atoms with Gasteiger partial charge in [0.1, 0.15) is 0 Å². The zero-order chi connectivity index (χ0) is 21.9. The first kappa shape index (κ1) is 21.3. The maximum Gasteiger partial charge on any atom is 0.266 e. The Balaban J connectivity index is 1.82. The van der Waals surface area contributed by atoms with Crippen molar-refractivity contribution < 1.29 is 9.59 Å². The second-order valence-corrected chi connectivity index (χ2v) is 8.37. The molecule has 0 aromatic heterocycles. The van der Waals surface area contributed by atoms with Gasteiger partial charge in [-0.25, -0.2) is 4.90 Å². The van der Waals surface area contributed by atoms with Gasteiger partial charge in [-0.15, -0.1) is 0 Å². The Morgan fingerprint density at radius 3 is 1.60 bits per heavy atom. The summed E-state index contributed by atoms with van der Waals surface area (Å²) in [5.41, 5.74) is 4.99. The number of imide groups is 1. The van der Waals surface area contributed by atoms with Crippen molar-refractivity contribution in [3.63, 3.8) is 0 Å². The number of hydrogen-bond donors (Lipinski definition) is 0. The summed E-state index contributed by atoms with van der Waals surface area (Å²) in [7, 11) is 0. The Bertz CT molecular complexity index is 1010. The van der Waals surface area contributed by atoms with Crippen molar-refractivity contribution in [1.29, 1.82) is 0 Å². The van der Waals surface area contributed by atoms with Gasteiger partial charge in [-0.3, -0.25) is 9.59 Å². The summed E-state index contributed by atoms with van der Waals surface area (Å²) < 4.78 is 0. The molecule has 0 bridgehead atoms. The number of anilines is 1. The highest BCUT2D eigenvalue weighted by Gasteiger charge is 2.39. The van der Waals surface area contributed by atoms with Crippen LogP contribution in [0.3, 0.4) is 0 Å². The van der Waals surface area contributed by atoms with Gasteiger partial charge in [-0.2, -0.15) is 0 Å². The van der Waals surface area contributed by atoms with Crippen LogP contribution in [0.15, 0.2) is 97.1 Å². The van der Waals surface area contributed by atoms with E-state index in [2.05, 4.69) is 58.2 Å².